The Morgan fingerprint density at radius 1 is 0.941 bits per heavy atom. The molecule has 3 aliphatic rings. The van der Waals surface area contributed by atoms with Gasteiger partial charge in [-0.2, -0.15) is 0 Å². The lowest BCUT2D eigenvalue weighted by Gasteiger charge is -2.58. The number of nitrogens with zero attached hydrogens (tertiary/aromatic N) is 2. The summed E-state index contributed by atoms with van der Waals surface area (Å²) in [6.45, 7) is 12.7. The first-order valence-electron chi connectivity index (χ1n) is 6.78. The number of hydrogen-bond donors (Lipinski definition) is 0. The molecule has 2 bridgehead atoms. The van der Waals surface area contributed by atoms with Gasteiger partial charge < -0.3 is 4.48 Å². The normalized spacial score (nSPS) is 32.7. The van der Waals surface area contributed by atoms with E-state index >= 15 is 0 Å². The number of piperazine rings is 3. The van der Waals surface area contributed by atoms with E-state index in [4.69, 9.17) is 0 Å². The van der Waals surface area contributed by atoms with Gasteiger partial charge in [-0.1, -0.05) is 30.3 Å². The summed E-state index contributed by atoms with van der Waals surface area (Å²) in [7, 11) is 0. The predicted octanol–water partition coefficient (Wildman–Crippen LogP) is 2.07. The number of quaternary nitrogens is 1. The summed E-state index contributed by atoms with van der Waals surface area (Å²) in [4.78, 5) is 2.61. The van der Waals surface area contributed by atoms with Gasteiger partial charge in [0.1, 0.15) is 5.54 Å². The third-order valence-corrected chi connectivity index (χ3v) is 5.20. The van der Waals surface area contributed by atoms with Gasteiger partial charge in [-0.05, 0) is 13.8 Å². The zero-order valence-electron chi connectivity index (χ0n) is 11.0. The first-order chi connectivity index (χ1) is 8.14. The molecule has 1 aromatic rings. The molecule has 3 aliphatic heterocycles. The maximum Gasteiger partial charge on any atom is 0.119 e. The van der Waals surface area contributed by atoms with Gasteiger partial charge in [-0.15, -0.1) is 0 Å². The van der Waals surface area contributed by atoms with Crippen LogP contribution in [-0.4, -0.2) is 48.7 Å². The summed E-state index contributed by atoms with van der Waals surface area (Å²) < 4.78 is 1.29. The lowest BCUT2D eigenvalue weighted by atomic mass is 9.87. The molecule has 4 rings (SSSR count). The SMILES string of the molecule is CC(C)(c1ccccc1)[N+]12CCN(CC1)CC2. The largest absolute Gasteiger partial charge is 0.312 e. The lowest BCUT2D eigenvalue weighted by Crippen LogP contribution is -2.73. The van der Waals surface area contributed by atoms with Gasteiger partial charge in [-0.25, -0.2) is 0 Å². The van der Waals surface area contributed by atoms with E-state index in [1.807, 2.05) is 0 Å². The Kier molecular flexibility index (Phi) is 2.53. The van der Waals surface area contributed by atoms with Crippen LogP contribution in [0.2, 0.25) is 0 Å². The Labute approximate surface area is 104 Å². The highest BCUT2D eigenvalue weighted by Crippen LogP contribution is 2.38. The second-order valence-electron chi connectivity index (χ2n) is 6.08. The van der Waals surface area contributed by atoms with Gasteiger partial charge in [0.2, 0.25) is 0 Å². The van der Waals surface area contributed by atoms with E-state index in [2.05, 4.69) is 49.1 Å². The van der Waals surface area contributed by atoms with Crippen LogP contribution in [0.5, 0.6) is 0 Å². The molecule has 0 amide bonds. The van der Waals surface area contributed by atoms with Crippen molar-refractivity contribution in [3.63, 3.8) is 0 Å². The van der Waals surface area contributed by atoms with E-state index in [0.717, 1.165) is 0 Å². The average Bonchev–Trinajstić information content (AvgIpc) is 2.42. The molecule has 17 heavy (non-hydrogen) atoms. The van der Waals surface area contributed by atoms with Crippen LogP contribution in [0.15, 0.2) is 30.3 Å². The molecule has 0 saturated carbocycles. The van der Waals surface area contributed by atoms with Crippen LogP contribution < -0.4 is 0 Å². The first kappa shape index (κ1) is 11.2. The third kappa shape index (κ3) is 1.62. The Balaban J connectivity index is 1.96. The molecule has 0 unspecified atom stereocenters. The number of hydrogen-bond acceptors (Lipinski definition) is 1. The monoisotopic (exact) mass is 231 g/mol. The second kappa shape index (κ2) is 3.82. The Morgan fingerprint density at radius 3 is 2.00 bits per heavy atom. The van der Waals surface area contributed by atoms with E-state index in [1.165, 1.54) is 49.3 Å². The minimum Gasteiger partial charge on any atom is -0.312 e. The molecule has 0 atom stereocenters. The molecule has 0 N–H and O–H groups in total. The molecule has 0 spiro atoms. The van der Waals surface area contributed by atoms with Crippen LogP contribution in [0.3, 0.4) is 0 Å². The van der Waals surface area contributed by atoms with E-state index in [-0.39, 0.29) is 5.54 Å². The van der Waals surface area contributed by atoms with Crippen molar-refractivity contribution < 1.29 is 4.48 Å². The molecule has 3 fully saturated rings. The standard InChI is InChI=1S/C15H23N2/c1-15(2,14-6-4-3-5-7-14)17-11-8-16(9-12-17)10-13-17/h3-7H,8-13H2,1-2H3/q+1. The molecule has 3 saturated heterocycles. The molecule has 92 valence electrons. The van der Waals surface area contributed by atoms with Crippen LogP contribution in [0.4, 0.5) is 0 Å². The average molecular weight is 231 g/mol. The van der Waals surface area contributed by atoms with E-state index < -0.39 is 0 Å². The van der Waals surface area contributed by atoms with Gasteiger partial charge in [0.05, 0.1) is 19.6 Å². The molecule has 0 aliphatic carbocycles. The molecule has 0 radical (unpaired) electrons. The van der Waals surface area contributed by atoms with Crippen molar-refractivity contribution in [3.8, 4) is 0 Å². The zero-order chi connectivity index (χ0) is 11.9. The lowest BCUT2D eigenvalue weighted by molar-refractivity contribution is -0.991. The number of fused-ring (bicyclic) bond motifs is 3. The quantitative estimate of drug-likeness (QED) is 0.704. The Morgan fingerprint density at radius 2 is 1.47 bits per heavy atom. The topological polar surface area (TPSA) is 3.24 Å². The molecule has 1 aromatic carbocycles. The van der Waals surface area contributed by atoms with Crippen molar-refractivity contribution in [1.82, 2.24) is 4.90 Å². The van der Waals surface area contributed by atoms with Crippen molar-refractivity contribution in [2.24, 2.45) is 0 Å². The first-order valence-corrected chi connectivity index (χ1v) is 6.78. The van der Waals surface area contributed by atoms with Crippen molar-refractivity contribution in [1.29, 1.82) is 0 Å². The van der Waals surface area contributed by atoms with Crippen LogP contribution in [0, 0.1) is 0 Å². The van der Waals surface area contributed by atoms with Crippen molar-refractivity contribution >= 4 is 0 Å². The molecule has 3 heterocycles. The Hall–Kier alpha value is -0.860. The molecule has 0 aromatic heterocycles. The van der Waals surface area contributed by atoms with Crippen LogP contribution >= 0.6 is 0 Å². The summed E-state index contributed by atoms with van der Waals surface area (Å²) >= 11 is 0. The van der Waals surface area contributed by atoms with Crippen LogP contribution in [0.25, 0.3) is 0 Å². The highest BCUT2D eigenvalue weighted by molar-refractivity contribution is 5.21. The molecule has 2 heteroatoms. The van der Waals surface area contributed by atoms with E-state index in [9.17, 15) is 0 Å². The summed E-state index contributed by atoms with van der Waals surface area (Å²) in [5, 5.41) is 0. The Bertz CT molecular complexity index is 375. The fourth-order valence-electron chi connectivity index (χ4n) is 3.63. The smallest absolute Gasteiger partial charge is 0.119 e. The third-order valence-electron chi connectivity index (χ3n) is 5.20. The highest BCUT2D eigenvalue weighted by Gasteiger charge is 2.49. The maximum absolute atomic E-state index is 2.61. The van der Waals surface area contributed by atoms with Crippen LogP contribution in [0.1, 0.15) is 19.4 Å². The van der Waals surface area contributed by atoms with Crippen molar-refractivity contribution in [3.05, 3.63) is 35.9 Å². The summed E-state index contributed by atoms with van der Waals surface area (Å²) in [6.07, 6.45) is 0. The van der Waals surface area contributed by atoms with E-state index in [0.29, 0.717) is 0 Å². The second-order valence-corrected chi connectivity index (χ2v) is 6.08. The molecular weight excluding hydrogens is 208 g/mol. The molecule has 2 nitrogen and oxygen atoms in total. The van der Waals surface area contributed by atoms with Gasteiger partial charge >= 0.3 is 0 Å². The maximum atomic E-state index is 2.61. The van der Waals surface area contributed by atoms with Crippen LogP contribution in [-0.2, 0) is 5.54 Å². The fraction of sp³-hybridized carbons (Fsp3) is 0.600. The summed E-state index contributed by atoms with van der Waals surface area (Å²) in [5.74, 6) is 0. The van der Waals surface area contributed by atoms with Crippen molar-refractivity contribution in [2.45, 2.75) is 19.4 Å². The summed E-state index contributed by atoms with van der Waals surface area (Å²) in [5.41, 5.74) is 1.75. The zero-order valence-corrected chi connectivity index (χ0v) is 11.0. The van der Waals surface area contributed by atoms with Gasteiger partial charge in [0, 0.05) is 25.2 Å². The highest BCUT2D eigenvalue weighted by atomic mass is 15.5. The predicted molar refractivity (Wildman–Crippen MR) is 70.8 cm³/mol. The minimum absolute atomic E-state index is 0.258. The molecular formula is C15H23N2+. The van der Waals surface area contributed by atoms with Gasteiger partial charge in [0.25, 0.3) is 0 Å². The van der Waals surface area contributed by atoms with E-state index in [1.54, 1.807) is 0 Å². The van der Waals surface area contributed by atoms with Gasteiger partial charge in [-0.3, -0.25) is 4.90 Å². The van der Waals surface area contributed by atoms with Gasteiger partial charge in [0.15, 0.2) is 0 Å². The number of rotatable bonds is 2. The summed E-state index contributed by atoms with van der Waals surface area (Å²) in [6, 6.07) is 11.1. The van der Waals surface area contributed by atoms with Crippen molar-refractivity contribution in [2.75, 3.05) is 39.3 Å². The number of benzene rings is 1. The fourth-order valence-corrected chi connectivity index (χ4v) is 3.63. The minimum atomic E-state index is 0.258.